The van der Waals surface area contributed by atoms with Gasteiger partial charge in [-0.2, -0.15) is 0 Å². The molecule has 1 N–H and O–H groups in total. The molecule has 1 heteroatoms. The van der Waals surface area contributed by atoms with Crippen molar-refractivity contribution in [1.82, 2.24) is 0 Å². The van der Waals surface area contributed by atoms with Gasteiger partial charge in [0.05, 0.1) is 0 Å². The summed E-state index contributed by atoms with van der Waals surface area (Å²) in [5, 5.41) is 7.26. The Balaban J connectivity index is 2.07. The van der Waals surface area contributed by atoms with Crippen LogP contribution >= 0.6 is 0 Å². The average molecular weight is 139 g/mol. The van der Waals surface area contributed by atoms with Crippen molar-refractivity contribution in [3.63, 3.8) is 0 Å². The molecule has 1 nitrogen and oxygen atoms in total. The predicted octanol–water partition coefficient (Wildman–Crippen LogP) is 3.00. The van der Waals surface area contributed by atoms with Crippen LogP contribution in [0.3, 0.4) is 0 Å². The first-order valence-electron chi connectivity index (χ1n) is 4.33. The lowest BCUT2D eigenvalue weighted by molar-refractivity contribution is 0.514. The first-order valence-corrected chi connectivity index (χ1v) is 4.33. The first kappa shape index (κ1) is 7.77. The van der Waals surface area contributed by atoms with Gasteiger partial charge in [0.2, 0.25) is 0 Å². The van der Waals surface area contributed by atoms with E-state index < -0.39 is 0 Å². The van der Waals surface area contributed by atoms with E-state index in [1.54, 1.807) is 0 Å². The highest BCUT2D eigenvalue weighted by atomic mass is 14.4. The second-order valence-corrected chi connectivity index (χ2v) is 3.47. The zero-order chi connectivity index (χ0) is 7.40. The molecular weight excluding hydrogens is 122 g/mol. The highest BCUT2D eigenvalue weighted by Gasteiger charge is 2.13. The third-order valence-electron chi connectivity index (χ3n) is 2.40. The second kappa shape index (κ2) is 3.75. The fourth-order valence-corrected chi connectivity index (χ4v) is 1.72. The number of nitrogens with one attached hydrogen (secondary N) is 1. The molecule has 0 saturated heterocycles. The van der Waals surface area contributed by atoms with Crippen LogP contribution in [0.2, 0.25) is 0 Å². The summed E-state index contributed by atoms with van der Waals surface area (Å²) < 4.78 is 0. The summed E-state index contributed by atoms with van der Waals surface area (Å²) >= 11 is 0. The molecular formula is C9H17N. The van der Waals surface area contributed by atoms with Crippen LogP contribution in [0.15, 0.2) is 0 Å². The summed E-state index contributed by atoms with van der Waals surface area (Å²) in [5.41, 5.74) is 0.854. The van der Waals surface area contributed by atoms with Crippen molar-refractivity contribution in [3.8, 4) is 0 Å². The van der Waals surface area contributed by atoms with E-state index in [1.165, 1.54) is 32.1 Å². The summed E-state index contributed by atoms with van der Waals surface area (Å²) in [4.78, 5) is 0. The molecule has 0 aromatic carbocycles. The van der Waals surface area contributed by atoms with Gasteiger partial charge < -0.3 is 5.41 Å². The van der Waals surface area contributed by atoms with Crippen LogP contribution < -0.4 is 0 Å². The van der Waals surface area contributed by atoms with Crippen LogP contribution in [0, 0.1) is 11.3 Å². The normalized spacial score (nSPS) is 19.7. The maximum atomic E-state index is 7.26. The number of rotatable bonds is 3. The molecule has 1 fully saturated rings. The van der Waals surface area contributed by atoms with E-state index in [2.05, 4.69) is 0 Å². The zero-order valence-electron chi connectivity index (χ0n) is 6.82. The Morgan fingerprint density at radius 2 is 2.00 bits per heavy atom. The molecule has 1 rings (SSSR count). The van der Waals surface area contributed by atoms with Crippen molar-refractivity contribution in [2.24, 2.45) is 5.92 Å². The smallest absolute Gasteiger partial charge is 0.00583 e. The second-order valence-electron chi connectivity index (χ2n) is 3.47. The predicted molar refractivity (Wildman–Crippen MR) is 44.6 cm³/mol. The molecule has 0 aliphatic heterocycles. The van der Waals surface area contributed by atoms with Crippen molar-refractivity contribution < 1.29 is 0 Å². The molecule has 1 aliphatic carbocycles. The van der Waals surface area contributed by atoms with E-state index in [1.807, 2.05) is 6.92 Å². The van der Waals surface area contributed by atoms with Crippen LogP contribution in [0.1, 0.15) is 45.4 Å². The molecule has 0 spiro atoms. The quantitative estimate of drug-likeness (QED) is 0.581. The molecule has 0 heterocycles. The zero-order valence-corrected chi connectivity index (χ0v) is 6.82. The van der Waals surface area contributed by atoms with Gasteiger partial charge in [-0.15, -0.1) is 0 Å². The molecule has 0 unspecified atom stereocenters. The minimum atomic E-state index is 0.854. The van der Waals surface area contributed by atoms with Crippen LogP contribution in [0.5, 0.6) is 0 Å². The number of hydrogen-bond donors (Lipinski definition) is 1. The average Bonchev–Trinajstić information content (AvgIpc) is 2.34. The molecule has 0 aromatic heterocycles. The minimum Gasteiger partial charge on any atom is -0.310 e. The van der Waals surface area contributed by atoms with Crippen LogP contribution in [0.25, 0.3) is 0 Å². The van der Waals surface area contributed by atoms with Crippen LogP contribution in [0.4, 0.5) is 0 Å². The lowest BCUT2D eigenvalue weighted by Gasteiger charge is -2.06. The van der Waals surface area contributed by atoms with E-state index in [0.29, 0.717) is 0 Å². The Labute approximate surface area is 63.3 Å². The summed E-state index contributed by atoms with van der Waals surface area (Å²) in [6, 6.07) is 0. The van der Waals surface area contributed by atoms with Gasteiger partial charge in [0, 0.05) is 5.71 Å². The fraction of sp³-hybridized carbons (Fsp3) is 0.889. The Morgan fingerprint density at radius 3 is 2.50 bits per heavy atom. The Bertz CT molecular complexity index is 112. The third kappa shape index (κ3) is 2.51. The van der Waals surface area contributed by atoms with Gasteiger partial charge in [-0.3, -0.25) is 0 Å². The molecule has 0 atom stereocenters. The molecule has 0 aromatic rings. The Kier molecular flexibility index (Phi) is 2.91. The van der Waals surface area contributed by atoms with Crippen LogP contribution in [-0.2, 0) is 0 Å². The lowest BCUT2D eigenvalue weighted by atomic mass is 10.0. The summed E-state index contributed by atoms with van der Waals surface area (Å²) in [6.07, 6.45) is 8.02. The number of hydrogen-bond acceptors (Lipinski definition) is 1. The summed E-state index contributed by atoms with van der Waals surface area (Å²) in [6.45, 7) is 1.91. The fourth-order valence-electron chi connectivity index (χ4n) is 1.72. The van der Waals surface area contributed by atoms with Gasteiger partial charge in [0.25, 0.3) is 0 Å². The summed E-state index contributed by atoms with van der Waals surface area (Å²) in [7, 11) is 0. The molecule has 0 radical (unpaired) electrons. The van der Waals surface area contributed by atoms with E-state index in [9.17, 15) is 0 Å². The SMILES string of the molecule is CC(=N)CCC1CCCC1. The maximum Gasteiger partial charge on any atom is 0.00583 e. The van der Waals surface area contributed by atoms with Crippen molar-refractivity contribution >= 4 is 5.71 Å². The first-order chi connectivity index (χ1) is 4.79. The summed E-state index contributed by atoms with van der Waals surface area (Å²) in [5.74, 6) is 0.959. The molecule has 1 saturated carbocycles. The van der Waals surface area contributed by atoms with Crippen LogP contribution in [-0.4, -0.2) is 5.71 Å². The van der Waals surface area contributed by atoms with E-state index in [0.717, 1.165) is 18.1 Å². The van der Waals surface area contributed by atoms with Gasteiger partial charge >= 0.3 is 0 Å². The van der Waals surface area contributed by atoms with E-state index >= 15 is 0 Å². The van der Waals surface area contributed by atoms with E-state index in [-0.39, 0.29) is 0 Å². The molecule has 1 aliphatic rings. The van der Waals surface area contributed by atoms with Gasteiger partial charge in [-0.1, -0.05) is 25.7 Å². The van der Waals surface area contributed by atoms with Crippen molar-refractivity contribution in [2.45, 2.75) is 45.4 Å². The molecule has 0 bridgehead atoms. The standard InChI is InChI=1S/C9H17N/c1-8(10)6-7-9-4-2-3-5-9/h9-10H,2-7H2,1H3. The lowest BCUT2D eigenvalue weighted by Crippen LogP contribution is -1.96. The van der Waals surface area contributed by atoms with Gasteiger partial charge in [-0.25, -0.2) is 0 Å². The van der Waals surface area contributed by atoms with Gasteiger partial charge in [0.15, 0.2) is 0 Å². The molecule has 0 amide bonds. The topological polar surface area (TPSA) is 23.9 Å². The maximum absolute atomic E-state index is 7.26. The molecule has 10 heavy (non-hydrogen) atoms. The van der Waals surface area contributed by atoms with Crippen molar-refractivity contribution in [2.75, 3.05) is 0 Å². The largest absolute Gasteiger partial charge is 0.310 e. The highest BCUT2D eigenvalue weighted by molar-refractivity contribution is 5.78. The molecule has 58 valence electrons. The van der Waals surface area contributed by atoms with E-state index in [4.69, 9.17) is 5.41 Å². The monoisotopic (exact) mass is 139 g/mol. The van der Waals surface area contributed by atoms with Gasteiger partial charge in [0.1, 0.15) is 0 Å². The highest BCUT2D eigenvalue weighted by Crippen LogP contribution is 2.28. The Hall–Kier alpha value is -0.330. The third-order valence-corrected chi connectivity index (χ3v) is 2.40. The Morgan fingerprint density at radius 1 is 1.40 bits per heavy atom. The van der Waals surface area contributed by atoms with Crippen molar-refractivity contribution in [3.05, 3.63) is 0 Å². The van der Waals surface area contributed by atoms with Gasteiger partial charge in [-0.05, 0) is 25.7 Å². The minimum absolute atomic E-state index is 0.854. The van der Waals surface area contributed by atoms with Crippen molar-refractivity contribution in [1.29, 1.82) is 5.41 Å².